The van der Waals surface area contributed by atoms with E-state index < -0.39 is 0 Å². The number of nitrogens with zero attached hydrogens (tertiary/aromatic N) is 3. The molecular formula is C12H12ClN3O. The Bertz CT molecular complexity index is 536. The maximum atomic E-state index is 11.9. The molecule has 0 amide bonds. The highest BCUT2D eigenvalue weighted by atomic mass is 35.5. The molecule has 4 nitrogen and oxygen atoms in total. The third-order valence-electron chi connectivity index (χ3n) is 2.57. The third-order valence-corrected chi connectivity index (χ3v) is 2.87. The molecule has 0 bridgehead atoms. The summed E-state index contributed by atoms with van der Waals surface area (Å²) in [6.45, 7) is 0. The lowest BCUT2D eigenvalue weighted by Crippen LogP contribution is -2.05. The van der Waals surface area contributed by atoms with E-state index in [1.165, 1.54) is 6.20 Å². The number of hydrogen-bond acceptors (Lipinski definition) is 3. The van der Waals surface area contributed by atoms with Crippen molar-refractivity contribution in [1.82, 2.24) is 14.5 Å². The minimum absolute atomic E-state index is 0.0143. The molecule has 2 rings (SSSR count). The monoisotopic (exact) mass is 249 g/mol. The summed E-state index contributed by atoms with van der Waals surface area (Å²) in [5, 5.41) is 0.400. The molecule has 0 radical (unpaired) electrons. The first-order valence-electron chi connectivity index (χ1n) is 5.27. The van der Waals surface area contributed by atoms with Gasteiger partial charge in [-0.25, -0.2) is 4.98 Å². The van der Waals surface area contributed by atoms with Gasteiger partial charge in [0.1, 0.15) is 5.82 Å². The lowest BCUT2D eigenvalue weighted by Gasteiger charge is -2.03. The first kappa shape index (κ1) is 11.8. The van der Waals surface area contributed by atoms with Gasteiger partial charge in [-0.15, -0.1) is 0 Å². The summed E-state index contributed by atoms with van der Waals surface area (Å²) in [5.41, 5.74) is 0.524. The van der Waals surface area contributed by atoms with E-state index in [1.807, 2.05) is 17.8 Å². The Morgan fingerprint density at radius 2 is 2.29 bits per heavy atom. The van der Waals surface area contributed by atoms with Gasteiger partial charge in [0.15, 0.2) is 5.78 Å². The Kier molecular flexibility index (Phi) is 3.54. The average Bonchev–Trinajstić information content (AvgIpc) is 2.72. The number of aromatic nitrogens is 3. The van der Waals surface area contributed by atoms with Crippen molar-refractivity contribution in [2.45, 2.75) is 12.8 Å². The second-order valence-electron chi connectivity index (χ2n) is 3.73. The molecule has 5 heteroatoms. The van der Waals surface area contributed by atoms with Gasteiger partial charge in [-0.1, -0.05) is 11.6 Å². The molecular weight excluding hydrogens is 238 g/mol. The number of ketones is 1. The highest BCUT2D eigenvalue weighted by Crippen LogP contribution is 2.16. The van der Waals surface area contributed by atoms with Crippen LogP contribution in [0.15, 0.2) is 30.9 Å². The van der Waals surface area contributed by atoms with Crippen molar-refractivity contribution in [3.63, 3.8) is 0 Å². The van der Waals surface area contributed by atoms with Gasteiger partial charge < -0.3 is 4.57 Å². The first-order valence-corrected chi connectivity index (χ1v) is 5.65. The summed E-state index contributed by atoms with van der Waals surface area (Å²) in [6.07, 6.45) is 7.64. The second-order valence-corrected chi connectivity index (χ2v) is 4.14. The van der Waals surface area contributed by atoms with Crippen molar-refractivity contribution in [1.29, 1.82) is 0 Å². The Morgan fingerprint density at radius 3 is 2.94 bits per heavy atom. The zero-order chi connectivity index (χ0) is 12.3. The molecule has 0 aliphatic carbocycles. The highest BCUT2D eigenvalue weighted by Gasteiger charge is 2.11. The highest BCUT2D eigenvalue weighted by molar-refractivity contribution is 6.33. The van der Waals surface area contributed by atoms with E-state index in [0.717, 1.165) is 5.82 Å². The molecule has 0 unspecified atom stereocenters. The van der Waals surface area contributed by atoms with Crippen LogP contribution in [0.5, 0.6) is 0 Å². The van der Waals surface area contributed by atoms with Gasteiger partial charge in [0.25, 0.3) is 0 Å². The third kappa shape index (κ3) is 2.71. The molecule has 0 aromatic carbocycles. The van der Waals surface area contributed by atoms with E-state index in [4.69, 9.17) is 11.6 Å². The molecule has 17 heavy (non-hydrogen) atoms. The van der Waals surface area contributed by atoms with Crippen LogP contribution < -0.4 is 0 Å². The molecule has 0 atom stereocenters. The summed E-state index contributed by atoms with van der Waals surface area (Å²) in [4.78, 5) is 19.9. The predicted octanol–water partition coefficient (Wildman–Crippen LogP) is 2.28. The van der Waals surface area contributed by atoms with Crippen molar-refractivity contribution >= 4 is 17.4 Å². The Hall–Kier alpha value is -1.68. The predicted molar refractivity (Wildman–Crippen MR) is 65.1 cm³/mol. The minimum atomic E-state index is 0.0143. The number of imidazole rings is 1. The molecule has 0 aliphatic heterocycles. The van der Waals surface area contributed by atoms with Crippen molar-refractivity contribution in [3.8, 4) is 0 Å². The van der Waals surface area contributed by atoms with E-state index in [1.54, 1.807) is 18.5 Å². The van der Waals surface area contributed by atoms with Gasteiger partial charge in [0.05, 0.1) is 5.02 Å². The molecule has 0 N–H and O–H groups in total. The van der Waals surface area contributed by atoms with Crippen LogP contribution in [0.1, 0.15) is 22.6 Å². The van der Waals surface area contributed by atoms with Gasteiger partial charge >= 0.3 is 0 Å². The Balaban J connectivity index is 2.04. The topological polar surface area (TPSA) is 47.8 Å². The van der Waals surface area contributed by atoms with Crippen LogP contribution in [0, 0.1) is 0 Å². The number of aryl methyl sites for hydroxylation is 2. The van der Waals surface area contributed by atoms with E-state index >= 15 is 0 Å². The molecule has 0 saturated heterocycles. The summed E-state index contributed by atoms with van der Waals surface area (Å²) < 4.78 is 1.90. The standard InChI is InChI=1S/C12H12ClN3O/c1-16-7-6-15-12(16)3-2-11(17)9-4-5-14-8-10(9)13/h4-8H,2-3H2,1H3. The van der Waals surface area contributed by atoms with E-state index in [-0.39, 0.29) is 5.78 Å². The number of Topliss-reactive ketones (excluding diaryl/α,β-unsaturated/α-hetero) is 1. The van der Waals surface area contributed by atoms with Crippen LogP contribution in [0.25, 0.3) is 0 Å². The van der Waals surface area contributed by atoms with Gasteiger partial charge in [0.2, 0.25) is 0 Å². The van der Waals surface area contributed by atoms with Gasteiger partial charge in [-0.2, -0.15) is 0 Å². The van der Waals surface area contributed by atoms with Gasteiger partial charge in [-0.3, -0.25) is 9.78 Å². The lowest BCUT2D eigenvalue weighted by atomic mass is 10.1. The van der Waals surface area contributed by atoms with E-state index in [2.05, 4.69) is 9.97 Å². The van der Waals surface area contributed by atoms with Crippen LogP contribution in [-0.4, -0.2) is 20.3 Å². The number of rotatable bonds is 4. The zero-order valence-electron chi connectivity index (χ0n) is 9.43. The van der Waals surface area contributed by atoms with Crippen LogP contribution in [0.4, 0.5) is 0 Å². The number of hydrogen-bond donors (Lipinski definition) is 0. The fourth-order valence-electron chi connectivity index (χ4n) is 1.60. The van der Waals surface area contributed by atoms with Gasteiger partial charge in [0, 0.05) is 50.2 Å². The quantitative estimate of drug-likeness (QED) is 0.781. The Morgan fingerprint density at radius 1 is 1.47 bits per heavy atom. The first-order chi connectivity index (χ1) is 8.18. The molecule has 2 aromatic rings. The van der Waals surface area contributed by atoms with Crippen molar-refractivity contribution < 1.29 is 4.79 Å². The van der Waals surface area contributed by atoms with Crippen LogP contribution in [-0.2, 0) is 13.5 Å². The van der Waals surface area contributed by atoms with Crippen LogP contribution in [0.3, 0.4) is 0 Å². The molecule has 2 aromatic heterocycles. The average molecular weight is 250 g/mol. The molecule has 2 heterocycles. The fraction of sp³-hybridized carbons (Fsp3) is 0.250. The number of carbonyl (C=O) groups excluding carboxylic acids is 1. The lowest BCUT2D eigenvalue weighted by molar-refractivity contribution is 0.0982. The van der Waals surface area contributed by atoms with E-state index in [9.17, 15) is 4.79 Å². The molecule has 88 valence electrons. The molecule has 0 aliphatic rings. The number of pyridine rings is 1. The summed E-state index contributed by atoms with van der Waals surface area (Å²) in [7, 11) is 1.91. The number of carbonyl (C=O) groups is 1. The molecule has 0 saturated carbocycles. The van der Waals surface area contributed by atoms with Crippen LogP contribution >= 0.6 is 11.6 Å². The van der Waals surface area contributed by atoms with Crippen molar-refractivity contribution in [2.75, 3.05) is 0 Å². The molecule has 0 fully saturated rings. The fourth-order valence-corrected chi connectivity index (χ4v) is 1.82. The summed E-state index contributed by atoms with van der Waals surface area (Å²) in [6, 6.07) is 1.64. The maximum Gasteiger partial charge on any atom is 0.164 e. The SMILES string of the molecule is Cn1ccnc1CCC(=O)c1ccncc1Cl. The van der Waals surface area contributed by atoms with Crippen molar-refractivity contribution in [2.24, 2.45) is 7.05 Å². The summed E-state index contributed by atoms with van der Waals surface area (Å²) in [5.74, 6) is 0.906. The maximum absolute atomic E-state index is 11.9. The van der Waals surface area contributed by atoms with Crippen LogP contribution in [0.2, 0.25) is 5.02 Å². The minimum Gasteiger partial charge on any atom is -0.338 e. The second kappa shape index (κ2) is 5.10. The normalized spacial score (nSPS) is 10.5. The molecule has 0 spiro atoms. The Labute approximate surface area is 104 Å². The smallest absolute Gasteiger partial charge is 0.164 e. The summed E-state index contributed by atoms with van der Waals surface area (Å²) >= 11 is 5.91. The van der Waals surface area contributed by atoms with E-state index in [0.29, 0.717) is 23.4 Å². The van der Waals surface area contributed by atoms with Crippen molar-refractivity contribution in [3.05, 3.63) is 47.3 Å². The number of halogens is 1. The van der Waals surface area contributed by atoms with Gasteiger partial charge in [-0.05, 0) is 6.07 Å². The largest absolute Gasteiger partial charge is 0.338 e. The zero-order valence-corrected chi connectivity index (χ0v) is 10.2.